The molecule has 2 aliphatic heterocycles. The summed E-state index contributed by atoms with van der Waals surface area (Å²) in [7, 11) is -3.61. The molecule has 0 aromatic heterocycles. The van der Waals surface area contributed by atoms with Gasteiger partial charge in [0.1, 0.15) is 6.04 Å². The molecule has 6 heteroatoms. The van der Waals surface area contributed by atoms with Crippen molar-refractivity contribution in [1.82, 2.24) is 9.21 Å². The first kappa shape index (κ1) is 17.4. The third-order valence-electron chi connectivity index (χ3n) is 5.21. The Morgan fingerprint density at radius 3 is 2.29 bits per heavy atom. The van der Waals surface area contributed by atoms with Crippen LogP contribution in [0.25, 0.3) is 0 Å². The number of hydrogen-bond acceptors (Lipinski definition) is 3. The van der Waals surface area contributed by atoms with Gasteiger partial charge >= 0.3 is 0 Å². The summed E-state index contributed by atoms with van der Waals surface area (Å²) in [5.74, 6) is 0.625. The lowest BCUT2D eigenvalue weighted by Gasteiger charge is -2.34. The van der Waals surface area contributed by atoms with E-state index < -0.39 is 16.1 Å². The number of likely N-dealkylation sites (tertiary alicyclic amines) is 1. The summed E-state index contributed by atoms with van der Waals surface area (Å²) in [5.41, 5.74) is 1.02. The zero-order valence-electron chi connectivity index (χ0n) is 14.4. The Labute approximate surface area is 144 Å². The molecular weight excluding hydrogens is 324 g/mol. The minimum atomic E-state index is -3.61. The molecule has 24 heavy (non-hydrogen) atoms. The maximum atomic E-state index is 13.0. The molecule has 0 unspecified atom stereocenters. The number of piperidine rings is 1. The van der Waals surface area contributed by atoms with Gasteiger partial charge in [-0.2, -0.15) is 4.31 Å². The Balaban J connectivity index is 1.79. The smallest absolute Gasteiger partial charge is 0.243 e. The van der Waals surface area contributed by atoms with Crippen molar-refractivity contribution in [2.45, 2.75) is 50.5 Å². The highest BCUT2D eigenvalue weighted by molar-refractivity contribution is 7.89. The molecule has 132 valence electrons. The van der Waals surface area contributed by atoms with E-state index in [4.69, 9.17) is 0 Å². The fourth-order valence-electron chi connectivity index (χ4n) is 3.56. The molecule has 0 N–H and O–H groups in total. The van der Waals surface area contributed by atoms with Gasteiger partial charge in [0.15, 0.2) is 0 Å². The molecule has 1 amide bonds. The Morgan fingerprint density at radius 1 is 1.04 bits per heavy atom. The predicted octanol–water partition coefficient (Wildman–Crippen LogP) is 2.41. The molecule has 5 nitrogen and oxygen atoms in total. The van der Waals surface area contributed by atoms with Gasteiger partial charge in [0, 0.05) is 19.6 Å². The summed E-state index contributed by atoms with van der Waals surface area (Å²) in [5, 5.41) is 0. The first-order valence-corrected chi connectivity index (χ1v) is 10.2. The van der Waals surface area contributed by atoms with Crippen LogP contribution in [0.4, 0.5) is 0 Å². The molecule has 0 bridgehead atoms. The lowest BCUT2D eigenvalue weighted by molar-refractivity contribution is -0.135. The standard InChI is InChI=1S/C18H26N2O3S/c1-14-5-7-16(8-6-14)24(22,23)20-11-3-4-17(20)18(21)19-12-9-15(2)10-13-19/h5-8,15,17H,3-4,9-13H2,1-2H3/t17-/m1/s1. The largest absolute Gasteiger partial charge is 0.341 e. The maximum absolute atomic E-state index is 13.0. The highest BCUT2D eigenvalue weighted by Gasteiger charge is 2.41. The molecule has 1 atom stereocenters. The van der Waals surface area contributed by atoms with Gasteiger partial charge in [0.25, 0.3) is 0 Å². The first-order chi connectivity index (χ1) is 11.4. The summed E-state index contributed by atoms with van der Waals surface area (Å²) in [6.45, 7) is 6.04. The van der Waals surface area contributed by atoms with Crippen molar-refractivity contribution < 1.29 is 13.2 Å². The molecule has 1 aromatic rings. The minimum absolute atomic E-state index is 0.0184. The Kier molecular flexibility index (Phi) is 4.97. The molecule has 0 spiro atoms. The van der Waals surface area contributed by atoms with E-state index >= 15 is 0 Å². The number of sulfonamides is 1. The summed E-state index contributed by atoms with van der Waals surface area (Å²) in [6.07, 6.45) is 3.37. The molecule has 0 saturated carbocycles. The monoisotopic (exact) mass is 350 g/mol. The lowest BCUT2D eigenvalue weighted by atomic mass is 9.98. The van der Waals surface area contributed by atoms with Crippen LogP contribution in [-0.2, 0) is 14.8 Å². The predicted molar refractivity (Wildman–Crippen MR) is 93.1 cm³/mol. The topological polar surface area (TPSA) is 57.7 Å². The van der Waals surface area contributed by atoms with Gasteiger partial charge in [-0.1, -0.05) is 24.6 Å². The summed E-state index contributed by atoms with van der Waals surface area (Å²) in [6, 6.07) is 6.32. The lowest BCUT2D eigenvalue weighted by Crippen LogP contribution is -2.49. The second-order valence-electron chi connectivity index (χ2n) is 7.09. The highest BCUT2D eigenvalue weighted by atomic mass is 32.2. The summed E-state index contributed by atoms with van der Waals surface area (Å²) in [4.78, 5) is 15.0. The third kappa shape index (κ3) is 3.35. The number of carbonyl (C=O) groups excluding carboxylic acids is 1. The van der Waals surface area contributed by atoms with Crippen molar-refractivity contribution in [3.8, 4) is 0 Å². The van der Waals surface area contributed by atoms with E-state index in [2.05, 4.69) is 6.92 Å². The van der Waals surface area contributed by atoms with Crippen molar-refractivity contribution in [1.29, 1.82) is 0 Å². The van der Waals surface area contributed by atoms with Gasteiger partial charge in [0.05, 0.1) is 4.90 Å². The van der Waals surface area contributed by atoms with Crippen molar-refractivity contribution in [2.75, 3.05) is 19.6 Å². The Hall–Kier alpha value is -1.40. The van der Waals surface area contributed by atoms with E-state index in [0.717, 1.165) is 37.9 Å². The zero-order chi connectivity index (χ0) is 17.3. The third-order valence-corrected chi connectivity index (χ3v) is 7.13. The average Bonchev–Trinajstić information content (AvgIpc) is 3.06. The van der Waals surface area contributed by atoms with E-state index in [1.54, 1.807) is 24.3 Å². The quantitative estimate of drug-likeness (QED) is 0.841. The van der Waals surface area contributed by atoms with E-state index in [1.807, 2.05) is 11.8 Å². The molecular formula is C18H26N2O3S. The fourth-order valence-corrected chi connectivity index (χ4v) is 5.21. The van der Waals surface area contributed by atoms with Gasteiger partial charge in [-0.25, -0.2) is 8.42 Å². The van der Waals surface area contributed by atoms with Gasteiger partial charge in [-0.3, -0.25) is 4.79 Å². The van der Waals surface area contributed by atoms with Crippen molar-refractivity contribution in [3.05, 3.63) is 29.8 Å². The van der Waals surface area contributed by atoms with Gasteiger partial charge < -0.3 is 4.90 Å². The summed E-state index contributed by atoms with van der Waals surface area (Å²) < 4.78 is 27.3. The zero-order valence-corrected chi connectivity index (χ0v) is 15.3. The van der Waals surface area contributed by atoms with Crippen molar-refractivity contribution >= 4 is 15.9 Å². The first-order valence-electron chi connectivity index (χ1n) is 8.77. The van der Waals surface area contributed by atoms with E-state index in [1.165, 1.54) is 4.31 Å². The van der Waals surface area contributed by atoms with Crippen LogP contribution in [0.15, 0.2) is 29.2 Å². The van der Waals surface area contributed by atoms with Gasteiger partial charge in [-0.15, -0.1) is 0 Å². The molecule has 2 fully saturated rings. The van der Waals surface area contributed by atoms with Gasteiger partial charge in [0.2, 0.25) is 15.9 Å². The van der Waals surface area contributed by atoms with Crippen LogP contribution >= 0.6 is 0 Å². The second kappa shape index (κ2) is 6.84. The number of nitrogens with zero attached hydrogens (tertiary/aromatic N) is 2. The second-order valence-corrected chi connectivity index (χ2v) is 8.99. The average molecular weight is 350 g/mol. The number of amides is 1. The van der Waals surface area contributed by atoms with E-state index in [0.29, 0.717) is 18.9 Å². The number of carbonyl (C=O) groups is 1. The minimum Gasteiger partial charge on any atom is -0.341 e. The number of hydrogen-bond donors (Lipinski definition) is 0. The van der Waals surface area contributed by atoms with Crippen LogP contribution in [-0.4, -0.2) is 49.2 Å². The van der Waals surface area contributed by atoms with Gasteiger partial charge in [-0.05, 0) is 50.7 Å². The normalized spacial score (nSPS) is 23.6. The molecule has 3 rings (SSSR count). The number of aryl methyl sites for hydroxylation is 1. The molecule has 2 aliphatic rings. The maximum Gasteiger partial charge on any atom is 0.243 e. The van der Waals surface area contributed by atoms with Crippen molar-refractivity contribution in [2.24, 2.45) is 5.92 Å². The van der Waals surface area contributed by atoms with Crippen LogP contribution < -0.4 is 0 Å². The van der Waals surface area contributed by atoms with Crippen LogP contribution in [0.2, 0.25) is 0 Å². The molecule has 2 saturated heterocycles. The van der Waals surface area contributed by atoms with E-state index in [-0.39, 0.29) is 10.8 Å². The Bertz CT molecular complexity index is 691. The van der Waals surface area contributed by atoms with Crippen LogP contribution in [0.3, 0.4) is 0 Å². The molecule has 0 aliphatic carbocycles. The molecule has 2 heterocycles. The Morgan fingerprint density at radius 2 is 1.67 bits per heavy atom. The SMILES string of the molecule is Cc1ccc(S(=O)(=O)N2CCC[C@@H]2C(=O)N2CCC(C)CC2)cc1. The van der Waals surface area contributed by atoms with Crippen LogP contribution in [0.5, 0.6) is 0 Å². The van der Waals surface area contributed by atoms with Crippen molar-refractivity contribution in [3.63, 3.8) is 0 Å². The fraction of sp³-hybridized carbons (Fsp3) is 0.611. The summed E-state index contributed by atoms with van der Waals surface area (Å²) >= 11 is 0. The van der Waals surface area contributed by atoms with Crippen LogP contribution in [0.1, 0.15) is 38.2 Å². The molecule has 0 radical (unpaired) electrons. The number of rotatable bonds is 3. The number of benzene rings is 1. The van der Waals surface area contributed by atoms with E-state index in [9.17, 15) is 13.2 Å². The highest BCUT2D eigenvalue weighted by Crippen LogP contribution is 2.28. The van der Waals surface area contributed by atoms with Crippen LogP contribution in [0, 0.1) is 12.8 Å². The molecule has 1 aromatic carbocycles.